The number of hydrogen-bond donors (Lipinski definition) is 0. The summed E-state index contributed by atoms with van der Waals surface area (Å²) in [5.41, 5.74) is 3.08. The molecular formula is C17H32OSi. The Morgan fingerprint density at radius 2 is 1.00 bits per heavy atom. The van der Waals surface area contributed by atoms with Crippen LogP contribution in [0, 0.1) is 0 Å². The Kier molecular flexibility index (Phi) is 4.68. The molecule has 0 N–H and O–H groups in total. The maximum atomic E-state index is 6.82. The summed E-state index contributed by atoms with van der Waals surface area (Å²) in [4.78, 5) is 0. The molecule has 0 aromatic heterocycles. The van der Waals surface area contributed by atoms with E-state index in [1.807, 2.05) is 0 Å². The number of rotatable bonds is 5. The molecule has 0 aromatic rings. The van der Waals surface area contributed by atoms with Crippen molar-refractivity contribution in [2.24, 2.45) is 0 Å². The molecule has 3 aliphatic rings. The molecule has 0 bridgehead atoms. The number of hydrogen-bond acceptors (Lipinski definition) is 1. The van der Waals surface area contributed by atoms with Crippen LogP contribution in [0.1, 0.15) is 84.0 Å². The van der Waals surface area contributed by atoms with Gasteiger partial charge in [0.1, 0.15) is 0 Å². The van der Waals surface area contributed by atoms with E-state index >= 15 is 0 Å². The summed E-state index contributed by atoms with van der Waals surface area (Å²) in [5, 5.41) is 0. The molecule has 0 spiro atoms. The summed E-state index contributed by atoms with van der Waals surface area (Å²) in [6, 6.07) is 0. The first kappa shape index (κ1) is 14.1. The second-order valence-electron chi connectivity index (χ2n) is 7.23. The molecule has 110 valence electrons. The summed E-state index contributed by atoms with van der Waals surface area (Å²) < 4.78 is 6.82. The van der Waals surface area contributed by atoms with Crippen molar-refractivity contribution in [3.63, 3.8) is 0 Å². The molecule has 0 amide bonds. The van der Waals surface area contributed by atoms with E-state index < -0.39 is 8.32 Å². The van der Waals surface area contributed by atoms with Crippen LogP contribution in [0.15, 0.2) is 0 Å². The Balaban J connectivity index is 1.88. The molecule has 3 aliphatic carbocycles. The Hall–Kier alpha value is 0.177. The highest BCUT2D eigenvalue weighted by Gasteiger charge is 2.55. The molecule has 3 rings (SSSR count). The third-order valence-electron chi connectivity index (χ3n) is 6.37. The lowest BCUT2D eigenvalue weighted by molar-refractivity contribution is 0.284. The van der Waals surface area contributed by atoms with Crippen molar-refractivity contribution in [3.8, 4) is 0 Å². The average Bonchev–Trinajstić information content (AvgIpc) is 3.18. The highest BCUT2D eigenvalue weighted by molar-refractivity contribution is 6.78. The molecular weight excluding hydrogens is 248 g/mol. The van der Waals surface area contributed by atoms with Gasteiger partial charge in [0.2, 0.25) is 8.32 Å². The summed E-state index contributed by atoms with van der Waals surface area (Å²) in [7, 11) is -1.50. The van der Waals surface area contributed by atoms with Crippen molar-refractivity contribution >= 4 is 8.32 Å². The van der Waals surface area contributed by atoms with E-state index in [0.717, 1.165) is 23.2 Å². The van der Waals surface area contributed by atoms with Gasteiger partial charge in [0, 0.05) is 6.61 Å². The summed E-state index contributed by atoms with van der Waals surface area (Å²) in [5.74, 6) is 0. The van der Waals surface area contributed by atoms with Crippen molar-refractivity contribution < 1.29 is 4.43 Å². The largest absolute Gasteiger partial charge is 0.416 e. The van der Waals surface area contributed by atoms with E-state index in [4.69, 9.17) is 4.43 Å². The second-order valence-corrected chi connectivity index (χ2v) is 11.7. The lowest BCUT2D eigenvalue weighted by Crippen LogP contribution is -2.50. The fraction of sp³-hybridized carbons (Fsp3) is 1.00. The smallest absolute Gasteiger partial charge is 0.201 e. The van der Waals surface area contributed by atoms with Crippen molar-refractivity contribution in [1.82, 2.24) is 0 Å². The monoisotopic (exact) mass is 280 g/mol. The molecule has 0 atom stereocenters. The normalized spacial score (nSPS) is 27.6. The van der Waals surface area contributed by atoms with Crippen LogP contribution in [0.5, 0.6) is 0 Å². The predicted molar refractivity (Wildman–Crippen MR) is 84.0 cm³/mol. The van der Waals surface area contributed by atoms with Crippen molar-refractivity contribution in [1.29, 1.82) is 0 Å². The molecule has 0 aliphatic heterocycles. The van der Waals surface area contributed by atoms with Gasteiger partial charge in [-0.1, -0.05) is 77.0 Å². The average molecular weight is 281 g/mol. The van der Waals surface area contributed by atoms with Crippen LogP contribution in [0.25, 0.3) is 0 Å². The lowest BCUT2D eigenvalue weighted by Gasteiger charge is -2.46. The Morgan fingerprint density at radius 1 is 0.684 bits per heavy atom. The van der Waals surface area contributed by atoms with Gasteiger partial charge in [-0.25, -0.2) is 0 Å². The molecule has 0 unspecified atom stereocenters. The van der Waals surface area contributed by atoms with Gasteiger partial charge in [0.15, 0.2) is 0 Å². The minimum Gasteiger partial charge on any atom is -0.416 e. The van der Waals surface area contributed by atoms with Crippen molar-refractivity contribution in [2.75, 3.05) is 6.61 Å². The third kappa shape index (κ3) is 2.55. The van der Waals surface area contributed by atoms with Crippen LogP contribution in [0.4, 0.5) is 0 Å². The molecule has 3 saturated carbocycles. The summed E-state index contributed by atoms with van der Waals surface area (Å²) in [6.45, 7) is 3.26. The molecule has 19 heavy (non-hydrogen) atoms. The molecule has 3 fully saturated rings. The molecule has 1 nitrogen and oxygen atoms in total. The molecule has 0 saturated heterocycles. The van der Waals surface area contributed by atoms with Crippen molar-refractivity contribution in [2.45, 2.75) is 101 Å². The third-order valence-corrected chi connectivity index (χ3v) is 12.7. The van der Waals surface area contributed by atoms with Crippen LogP contribution in [-0.4, -0.2) is 14.9 Å². The zero-order valence-corrected chi connectivity index (χ0v) is 13.8. The fourth-order valence-electron chi connectivity index (χ4n) is 5.73. The Labute approximate surface area is 120 Å². The van der Waals surface area contributed by atoms with E-state index in [-0.39, 0.29) is 0 Å². The van der Waals surface area contributed by atoms with Gasteiger partial charge >= 0.3 is 0 Å². The highest BCUT2D eigenvalue weighted by Crippen LogP contribution is 2.58. The first-order chi connectivity index (χ1) is 9.38. The minimum absolute atomic E-state index is 0.996. The lowest BCUT2D eigenvalue weighted by atomic mass is 10.3. The first-order valence-electron chi connectivity index (χ1n) is 9.02. The molecule has 0 heterocycles. The molecule has 2 heteroatoms. The summed E-state index contributed by atoms with van der Waals surface area (Å²) in [6.07, 6.45) is 18.0. The van der Waals surface area contributed by atoms with Gasteiger partial charge in [0.25, 0.3) is 0 Å². The van der Waals surface area contributed by atoms with Gasteiger partial charge in [-0.15, -0.1) is 0 Å². The quantitative estimate of drug-likeness (QED) is 0.578. The van der Waals surface area contributed by atoms with Crippen LogP contribution < -0.4 is 0 Å². The van der Waals surface area contributed by atoms with E-state index in [2.05, 4.69) is 6.92 Å². The molecule has 0 radical (unpaired) electrons. The topological polar surface area (TPSA) is 9.23 Å². The standard InChI is InChI=1S/C17H32OSi/c1-2-18-19(15-9-3-4-10-15,16-11-5-6-12-16)17-13-7-8-14-17/h15-17H,2-14H2,1H3. The second kappa shape index (κ2) is 6.30. The van der Waals surface area contributed by atoms with Gasteiger partial charge in [0.05, 0.1) is 0 Å². The van der Waals surface area contributed by atoms with Gasteiger partial charge in [-0.2, -0.15) is 0 Å². The van der Waals surface area contributed by atoms with E-state index in [0.29, 0.717) is 0 Å². The highest BCUT2D eigenvalue weighted by atomic mass is 28.4. The zero-order valence-electron chi connectivity index (χ0n) is 12.8. The van der Waals surface area contributed by atoms with E-state index in [1.54, 1.807) is 0 Å². The summed E-state index contributed by atoms with van der Waals surface area (Å²) >= 11 is 0. The SMILES string of the molecule is CCO[Si](C1CCCC1)(C1CCCC1)C1CCCC1. The van der Waals surface area contributed by atoms with E-state index in [1.165, 1.54) is 77.0 Å². The zero-order chi connectivity index (χ0) is 13.1. The van der Waals surface area contributed by atoms with Gasteiger partial charge in [-0.05, 0) is 23.5 Å². The Morgan fingerprint density at radius 3 is 1.26 bits per heavy atom. The fourth-order valence-corrected chi connectivity index (χ4v) is 12.9. The maximum absolute atomic E-state index is 6.82. The maximum Gasteiger partial charge on any atom is 0.201 e. The minimum atomic E-state index is -1.50. The van der Waals surface area contributed by atoms with Crippen LogP contribution in [-0.2, 0) is 4.43 Å². The molecule has 0 aromatic carbocycles. The van der Waals surface area contributed by atoms with Gasteiger partial charge in [-0.3, -0.25) is 0 Å². The Bertz CT molecular complexity index is 232. The van der Waals surface area contributed by atoms with Crippen LogP contribution in [0.3, 0.4) is 0 Å². The predicted octanol–water partition coefficient (Wildman–Crippen LogP) is 5.80. The van der Waals surface area contributed by atoms with Gasteiger partial charge < -0.3 is 4.43 Å². The first-order valence-corrected chi connectivity index (χ1v) is 11.2. The van der Waals surface area contributed by atoms with E-state index in [9.17, 15) is 0 Å². The van der Waals surface area contributed by atoms with Crippen LogP contribution >= 0.6 is 0 Å². The van der Waals surface area contributed by atoms with Crippen LogP contribution in [0.2, 0.25) is 16.6 Å². The van der Waals surface area contributed by atoms with Crippen molar-refractivity contribution in [3.05, 3.63) is 0 Å².